The maximum Gasteiger partial charge on any atom is 0.272 e. The number of nitrogens with zero attached hydrogens (tertiary/aromatic N) is 4. The summed E-state index contributed by atoms with van der Waals surface area (Å²) in [5, 5.41) is 4.36. The van der Waals surface area contributed by atoms with Crippen LogP contribution in [0.1, 0.15) is 27.4 Å². The molecule has 2 heterocycles. The molecule has 1 amide bonds. The van der Waals surface area contributed by atoms with E-state index in [9.17, 15) is 4.79 Å². The number of rotatable bonds is 4. The van der Waals surface area contributed by atoms with Crippen LogP contribution in [0, 0.1) is 13.8 Å². The summed E-state index contributed by atoms with van der Waals surface area (Å²) in [7, 11) is 1.78. The first-order valence-corrected chi connectivity index (χ1v) is 7.85. The lowest BCUT2D eigenvalue weighted by Crippen LogP contribution is -2.28. The number of fused-ring (bicyclic) bond motifs is 1. The molecule has 3 aromatic rings. The standard InChI is InChI=1S/C19H20N4O/c1-14-12-18-20-17(13-15(2)23(18)21-14)19(24)22(3)11-7-10-16-8-5-4-6-9-16/h4-10,12-13H,11H2,1-3H3. The fourth-order valence-corrected chi connectivity index (χ4v) is 2.54. The largest absolute Gasteiger partial charge is 0.337 e. The number of likely N-dealkylation sites (N-methyl/N-ethyl adjacent to an activating group) is 1. The number of carbonyl (C=O) groups excluding carboxylic acids is 1. The molecule has 3 rings (SSSR count). The van der Waals surface area contributed by atoms with Gasteiger partial charge in [-0.15, -0.1) is 0 Å². The first-order chi connectivity index (χ1) is 11.5. The summed E-state index contributed by atoms with van der Waals surface area (Å²) in [6.45, 7) is 4.36. The average Bonchev–Trinajstić information content (AvgIpc) is 2.96. The zero-order valence-electron chi connectivity index (χ0n) is 14.1. The van der Waals surface area contributed by atoms with E-state index in [0.29, 0.717) is 17.9 Å². The van der Waals surface area contributed by atoms with Crippen molar-refractivity contribution < 1.29 is 4.79 Å². The van der Waals surface area contributed by atoms with Gasteiger partial charge in [0.15, 0.2) is 5.65 Å². The molecule has 24 heavy (non-hydrogen) atoms. The molecule has 0 spiro atoms. The Hall–Kier alpha value is -2.95. The van der Waals surface area contributed by atoms with Crippen molar-refractivity contribution in [2.75, 3.05) is 13.6 Å². The van der Waals surface area contributed by atoms with Crippen LogP contribution in [-0.2, 0) is 0 Å². The van der Waals surface area contributed by atoms with Crippen LogP contribution < -0.4 is 0 Å². The number of aromatic nitrogens is 3. The van der Waals surface area contributed by atoms with Crippen molar-refractivity contribution in [3.8, 4) is 0 Å². The average molecular weight is 320 g/mol. The number of carbonyl (C=O) groups is 1. The van der Waals surface area contributed by atoms with Gasteiger partial charge in [0.2, 0.25) is 0 Å². The molecule has 0 saturated carbocycles. The number of amides is 1. The van der Waals surface area contributed by atoms with Crippen LogP contribution in [0.2, 0.25) is 0 Å². The van der Waals surface area contributed by atoms with Crippen molar-refractivity contribution in [3.05, 3.63) is 71.2 Å². The van der Waals surface area contributed by atoms with Crippen LogP contribution in [0.25, 0.3) is 11.7 Å². The quantitative estimate of drug-likeness (QED) is 0.742. The van der Waals surface area contributed by atoms with E-state index in [1.165, 1.54) is 0 Å². The smallest absolute Gasteiger partial charge is 0.272 e. The molecule has 122 valence electrons. The van der Waals surface area contributed by atoms with Gasteiger partial charge in [-0.2, -0.15) is 5.10 Å². The first kappa shape index (κ1) is 15.9. The minimum atomic E-state index is -0.0998. The Kier molecular flexibility index (Phi) is 4.42. The molecule has 0 atom stereocenters. The Morgan fingerprint density at radius 3 is 2.71 bits per heavy atom. The number of aryl methyl sites for hydroxylation is 2. The van der Waals surface area contributed by atoms with Gasteiger partial charge in [0.1, 0.15) is 5.69 Å². The molecule has 0 saturated heterocycles. The fraction of sp³-hybridized carbons (Fsp3) is 0.211. The molecule has 0 fully saturated rings. The van der Waals surface area contributed by atoms with Gasteiger partial charge in [-0.25, -0.2) is 9.50 Å². The van der Waals surface area contributed by atoms with E-state index in [-0.39, 0.29) is 5.91 Å². The van der Waals surface area contributed by atoms with E-state index in [4.69, 9.17) is 0 Å². The van der Waals surface area contributed by atoms with Crippen molar-refractivity contribution in [1.82, 2.24) is 19.5 Å². The summed E-state index contributed by atoms with van der Waals surface area (Å²) in [5.41, 5.74) is 4.03. The zero-order chi connectivity index (χ0) is 17.1. The molecule has 0 aliphatic carbocycles. The second-order valence-corrected chi connectivity index (χ2v) is 5.84. The van der Waals surface area contributed by atoms with Crippen molar-refractivity contribution in [1.29, 1.82) is 0 Å². The van der Waals surface area contributed by atoms with Gasteiger partial charge in [-0.05, 0) is 25.5 Å². The van der Waals surface area contributed by atoms with Gasteiger partial charge in [-0.3, -0.25) is 4.79 Å². The Balaban J connectivity index is 1.74. The molecule has 0 aliphatic rings. The lowest BCUT2D eigenvalue weighted by Gasteiger charge is -2.15. The molecule has 5 heteroatoms. The molecule has 5 nitrogen and oxygen atoms in total. The van der Waals surface area contributed by atoms with E-state index >= 15 is 0 Å². The number of hydrogen-bond donors (Lipinski definition) is 0. The van der Waals surface area contributed by atoms with Crippen LogP contribution in [0.15, 0.2) is 48.5 Å². The van der Waals surface area contributed by atoms with Crippen LogP contribution in [0.3, 0.4) is 0 Å². The normalized spacial score (nSPS) is 11.3. The molecular weight excluding hydrogens is 300 g/mol. The molecule has 0 aliphatic heterocycles. The van der Waals surface area contributed by atoms with E-state index in [1.54, 1.807) is 22.5 Å². The van der Waals surface area contributed by atoms with Gasteiger partial charge in [0, 0.05) is 25.4 Å². The Labute approximate surface area is 141 Å². The van der Waals surface area contributed by atoms with Crippen molar-refractivity contribution in [3.63, 3.8) is 0 Å². The Morgan fingerprint density at radius 1 is 1.21 bits per heavy atom. The highest BCUT2D eigenvalue weighted by atomic mass is 16.2. The first-order valence-electron chi connectivity index (χ1n) is 7.85. The number of benzene rings is 1. The van der Waals surface area contributed by atoms with Gasteiger partial charge < -0.3 is 4.90 Å². The molecule has 2 aromatic heterocycles. The van der Waals surface area contributed by atoms with Crippen LogP contribution in [0.5, 0.6) is 0 Å². The molecule has 0 radical (unpaired) electrons. The van der Waals surface area contributed by atoms with Crippen molar-refractivity contribution in [2.24, 2.45) is 0 Å². The fourth-order valence-electron chi connectivity index (χ4n) is 2.54. The van der Waals surface area contributed by atoms with Gasteiger partial charge in [0.25, 0.3) is 5.91 Å². The van der Waals surface area contributed by atoms with Crippen molar-refractivity contribution >= 4 is 17.6 Å². The second kappa shape index (κ2) is 6.66. The van der Waals surface area contributed by atoms with E-state index < -0.39 is 0 Å². The SMILES string of the molecule is Cc1cc2nc(C(=O)N(C)CC=Cc3ccccc3)cc(C)n2n1. The summed E-state index contributed by atoms with van der Waals surface area (Å²) < 4.78 is 1.75. The van der Waals surface area contributed by atoms with Gasteiger partial charge in [0.05, 0.1) is 5.69 Å². The minimum Gasteiger partial charge on any atom is -0.337 e. The van der Waals surface area contributed by atoms with E-state index in [0.717, 1.165) is 17.0 Å². The lowest BCUT2D eigenvalue weighted by atomic mass is 10.2. The topological polar surface area (TPSA) is 50.5 Å². The third-order valence-corrected chi connectivity index (χ3v) is 3.78. The molecule has 0 N–H and O–H groups in total. The summed E-state index contributed by atoms with van der Waals surface area (Å²) in [6, 6.07) is 13.7. The monoisotopic (exact) mass is 320 g/mol. The third-order valence-electron chi connectivity index (χ3n) is 3.78. The van der Waals surface area contributed by atoms with Crippen LogP contribution >= 0.6 is 0 Å². The summed E-state index contributed by atoms with van der Waals surface area (Å²) in [5.74, 6) is -0.0998. The summed E-state index contributed by atoms with van der Waals surface area (Å²) in [4.78, 5) is 18.7. The minimum absolute atomic E-state index is 0.0998. The predicted octanol–water partition coefficient (Wildman–Crippen LogP) is 3.13. The Morgan fingerprint density at radius 2 is 1.96 bits per heavy atom. The maximum absolute atomic E-state index is 12.6. The molecule has 0 bridgehead atoms. The molecule has 0 unspecified atom stereocenters. The molecular formula is C19H20N4O. The van der Waals surface area contributed by atoms with Crippen LogP contribution in [0.4, 0.5) is 0 Å². The second-order valence-electron chi connectivity index (χ2n) is 5.84. The maximum atomic E-state index is 12.6. The van der Waals surface area contributed by atoms with E-state index in [1.807, 2.05) is 62.4 Å². The summed E-state index contributed by atoms with van der Waals surface area (Å²) >= 11 is 0. The molecule has 1 aromatic carbocycles. The predicted molar refractivity (Wildman–Crippen MR) is 94.9 cm³/mol. The summed E-state index contributed by atoms with van der Waals surface area (Å²) in [6.07, 6.45) is 3.98. The highest BCUT2D eigenvalue weighted by Crippen LogP contribution is 2.10. The Bertz CT molecular complexity index is 896. The van der Waals surface area contributed by atoms with Crippen molar-refractivity contribution in [2.45, 2.75) is 13.8 Å². The highest BCUT2D eigenvalue weighted by molar-refractivity contribution is 5.92. The van der Waals surface area contributed by atoms with Gasteiger partial charge >= 0.3 is 0 Å². The lowest BCUT2D eigenvalue weighted by molar-refractivity contribution is 0.0804. The zero-order valence-corrected chi connectivity index (χ0v) is 14.1. The van der Waals surface area contributed by atoms with Crippen LogP contribution in [-0.4, -0.2) is 39.0 Å². The van der Waals surface area contributed by atoms with E-state index in [2.05, 4.69) is 10.1 Å². The highest BCUT2D eigenvalue weighted by Gasteiger charge is 2.15. The third kappa shape index (κ3) is 3.35. The van der Waals surface area contributed by atoms with Gasteiger partial charge in [-0.1, -0.05) is 42.5 Å². The number of hydrogen-bond acceptors (Lipinski definition) is 3.